The largest absolute Gasteiger partial charge is 0.356 e. The molecule has 0 aliphatic carbocycles. The molecule has 0 spiro atoms. The van der Waals surface area contributed by atoms with Gasteiger partial charge in [-0.1, -0.05) is 6.92 Å². The Hall–Kier alpha value is -0.610. The second-order valence-corrected chi connectivity index (χ2v) is 3.64. The molecule has 0 bridgehead atoms. The van der Waals surface area contributed by atoms with Gasteiger partial charge in [-0.2, -0.15) is 0 Å². The Morgan fingerprint density at radius 2 is 2.00 bits per heavy atom. The lowest BCUT2D eigenvalue weighted by molar-refractivity contribution is -0.119. The summed E-state index contributed by atoms with van der Waals surface area (Å²) in [7, 11) is 0. The van der Waals surface area contributed by atoms with Gasteiger partial charge < -0.3 is 15.5 Å². The number of hydrogen-bond donors (Lipinski definition) is 2. The molecular formula is C10H21N3O. The molecule has 14 heavy (non-hydrogen) atoms. The molecule has 0 aromatic rings. The second-order valence-electron chi connectivity index (χ2n) is 3.64. The van der Waals surface area contributed by atoms with Crippen molar-refractivity contribution in [1.29, 1.82) is 0 Å². The number of nitrogens with zero attached hydrogens (tertiary/aromatic N) is 1. The van der Waals surface area contributed by atoms with E-state index < -0.39 is 0 Å². The lowest BCUT2D eigenvalue weighted by atomic mass is 10.4. The highest BCUT2D eigenvalue weighted by molar-refractivity contribution is 5.77. The Balaban J connectivity index is 0.000000146. The maximum atomic E-state index is 10.1. The molecule has 2 heterocycles. The van der Waals surface area contributed by atoms with Gasteiger partial charge >= 0.3 is 0 Å². The highest BCUT2D eigenvalue weighted by atomic mass is 16.1. The van der Waals surface area contributed by atoms with Gasteiger partial charge in [-0.15, -0.1) is 0 Å². The van der Waals surface area contributed by atoms with Gasteiger partial charge in [0.05, 0.1) is 0 Å². The predicted octanol–water partition coefficient (Wildman–Crippen LogP) is -0.192. The number of piperazine rings is 1. The molecule has 0 atom stereocenters. The minimum absolute atomic E-state index is 0.204. The van der Waals surface area contributed by atoms with E-state index in [-0.39, 0.29) is 5.91 Å². The first-order valence-electron chi connectivity index (χ1n) is 5.52. The average molecular weight is 199 g/mol. The Kier molecular flexibility index (Phi) is 5.56. The number of rotatable bonds is 1. The fourth-order valence-corrected chi connectivity index (χ4v) is 1.59. The highest BCUT2D eigenvalue weighted by Gasteiger charge is 2.05. The van der Waals surface area contributed by atoms with E-state index in [1.165, 1.54) is 32.7 Å². The molecule has 2 N–H and O–H groups in total. The minimum atomic E-state index is 0.204. The van der Waals surface area contributed by atoms with Crippen LogP contribution in [0, 0.1) is 0 Å². The monoisotopic (exact) mass is 199 g/mol. The smallest absolute Gasteiger partial charge is 0.220 e. The zero-order chi connectivity index (χ0) is 10.2. The molecule has 2 fully saturated rings. The number of amides is 1. The summed E-state index contributed by atoms with van der Waals surface area (Å²) in [6.07, 6.45) is 1.76. The van der Waals surface area contributed by atoms with Crippen LogP contribution in [0.15, 0.2) is 0 Å². The van der Waals surface area contributed by atoms with Crippen LogP contribution in [0.3, 0.4) is 0 Å². The first-order valence-corrected chi connectivity index (χ1v) is 5.52. The Morgan fingerprint density at radius 3 is 2.29 bits per heavy atom. The van der Waals surface area contributed by atoms with E-state index in [4.69, 9.17) is 0 Å². The van der Waals surface area contributed by atoms with E-state index in [9.17, 15) is 4.79 Å². The summed E-state index contributed by atoms with van der Waals surface area (Å²) in [5, 5.41) is 5.99. The molecule has 0 aromatic carbocycles. The Bertz CT molecular complexity index is 159. The van der Waals surface area contributed by atoms with Crippen molar-refractivity contribution in [3.63, 3.8) is 0 Å². The first kappa shape index (κ1) is 11.5. The van der Waals surface area contributed by atoms with Crippen LogP contribution in [0.25, 0.3) is 0 Å². The van der Waals surface area contributed by atoms with Gasteiger partial charge in [0, 0.05) is 39.1 Å². The number of carbonyl (C=O) groups excluding carboxylic acids is 1. The van der Waals surface area contributed by atoms with E-state index in [0.717, 1.165) is 19.4 Å². The zero-order valence-electron chi connectivity index (χ0n) is 9.01. The number of hydrogen-bond acceptors (Lipinski definition) is 3. The molecule has 0 unspecified atom stereocenters. The second kappa shape index (κ2) is 6.79. The summed E-state index contributed by atoms with van der Waals surface area (Å²) in [4.78, 5) is 12.6. The van der Waals surface area contributed by atoms with Crippen LogP contribution in [-0.2, 0) is 4.79 Å². The van der Waals surface area contributed by atoms with Gasteiger partial charge in [0.1, 0.15) is 0 Å². The lowest BCUT2D eigenvalue weighted by Gasteiger charge is -2.25. The van der Waals surface area contributed by atoms with Crippen molar-refractivity contribution < 1.29 is 4.79 Å². The molecule has 0 aromatic heterocycles. The van der Waals surface area contributed by atoms with E-state index in [1.54, 1.807) is 0 Å². The Labute approximate surface area is 86.0 Å². The zero-order valence-corrected chi connectivity index (χ0v) is 9.01. The number of likely N-dealkylation sites (N-methyl/N-ethyl adjacent to an activating group) is 1. The lowest BCUT2D eigenvalue weighted by Crippen LogP contribution is -2.43. The summed E-state index contributed by atoms with van der Waals surface area (Å²) in [6, 6.07) is 0. The molecule has 82 valence electrons. The van der Waals surface area contributed by atoms with Crippen LogP contribution in [0.4, 0.5) is 0 Å². The number of carbonyl (C=O) groups is 1. The average Bonchev–Trinajstić information content (AvgIpc) is 2.71. The van der Waals surface area contributed by atoms with E-state index in [2.05, 4.69) is 22.5 Å². The van der Waals surface area contributed by atoms with E-state index in [0.29, 0.717) is 0 Å². The van der Waals surface area contributed by atoms with Crippen molar-refractivity contribution >= 4 is 5.91 Å². The fourth-order valence-electron chi connectivity index (χ4n) is 1.59. The molecule has 2 aliphatic heterocycles. The summed E-state index contributed by atoms with van der Waals surface area (Å²) >= 11 is 0. The molecule has 4 heteroatoms. The molecule has 0 saturated carbocycles. The number of nitrogens with one attached hydrogen (secondary N) is 2. The maximum absolute atomic E-state index is 10.1. The first-order chi connectivity index (χ1) is 6.83. The third-order valence-electron chi connectivity index (χ3n) is 2.56. The summed E-state index contributed by atoms with van der Waals surface area (Å²) in [6.45, 7) is 9.13. The van der Waals surface area contributed by atoms with Gasteiger partial charge in [0.2, 0.25) is 5.91 Å². The molecule has 0 radical (unpaired) electrons. The van der Waals surface area contributed by atoms with Gasteiger partial charge in [0.25, 0.3) is 0 Å². The molecular weight excluding hydrogens is 178 g/mol. The normalized spacial score (nSPS) is 22.5. The van der Waals surface area contributed by atoms with Gasteiger partial charge in [0.15, 0.2) is 0 Å². The van der Waals surface area contributed by atoms with Crippen LogP contribution in [0.1, 0.15) is 19.8 Å². The third-order valence-corrected chi connectivity index (χ3v) is 2.56. The van der Waals surface area contributed by atoms with Crippen LogP contribution in [0.5, 0.6) is 0 Å². The summed E-state index contributed by atoms with van der Waals surface area (Å²) in [5.41, 5.74) is 0. The summed E-state index contributed by atoms with van der Waals surface area (Å²) in [5.74, 6) is 0.204. The highest BCUT2D eigenvalue weighted by Crippen LogP contribution is 1.93. The molecule has 2 rings (SSSR count). The van der Waals surface area contributed by atoms with Gasteiger partial charge in [-0.05, 0) is 13.0 Å². The summed E-state index contributed by atoms with van der Waals surface area (Å²) < 4.78 is 0. The minimum Gasteiger partial charge on any atom is -0.356 e. The molecule has 1 amide bonds. The van der Waals surface area contributed by atoms with Crippen molar-refractivity contribution in [2.75, 3.05) is 39.3 Å². The topological polar surface area (TPSA) is 44.4 Å². The van der Waals surface area contributed by atoms with Gasteiger partial charge in [-0.25, -0.2) is 0 Å². The molecule has 2 saturated heterocycles. The van der Waals surface area contributed by atoms with Crippen molar-refractivity contribution in [2.45, 2.75) is 19.8 Å². The van der Waals surface area contributed by atoms with Crippen LogP contribution >= 0.6 is 0 Å². The van der Waals surface area contributed by atoms with Crippen molar-refractivity contribution in [3.05, 3.63) is 0 Å². The van der Waals surface area contributed by atoms with Crippen molar-refractivity contribution in [3.8, 4) is 0 Å². The van der Waals surface area contributed by atoms with E-state index in [1.807, 2.05) is 0 Å². The standard InChI is InChI=1S/C6H14N2.C4H7NO/c1-2-8-5-3-7-4-6-8;6-4-2-1-3-5-4/h7H,2-6H2,1H3;1-3H2,(H,5,6). The molecule has 2 aliphatic rings. The fraction of sp³-hybridized carbons (Fsp3) is 0.900. The Morgan fingerprint density at radius 1 is 1.29 bits per heavy atom. The molecule has 4 nitrogen and oxygen atoms in total. The third kappa shape index (κ3) is 4.58. The van der Waals surface area contributed by atoms with Crippen LogP contribution < -0.4 is 10.6 Å². The maximum Gasteiger partial charge on any atom is 0.220 e. The SMILES string of the molecule is CCN1CCNCC1.O=C1CCCN1. The van der Waals surface area contributed by atoms with Crippen molar-refractivity contribution in [1.82, 2.24) is 15.5 Å². The van der Waals surface area contributed by atoms with E-state index >= 15 is 0 Å². The van der Waals surface area contributed by atoms with Crippen LogP contribution in [-0.4, -0.2) is 50.1 Å². The quantitative estimate of drug-likeness (QED) is 0.615. The van der Waals surface area contributed by atoms with Crippen LogP contribution in [0.2, 0.25) is 0 Å². The predicted molar refractivity (Wildman–Crippen MR) is 57.2 cm³/mol. The van der Waals surface area contributed by atoms with Gasteiger partial charge in [-0.3, -0.25) is 4.79 Å². The van der Waals surface area contributed by atoms with Crippen molar-refractivity contribution in [2.24, 2.45) is 0 Å².